The molecule has 1 aliphatic heterocycles. The minimum absolute atomic E-state index is 0.0569. The fourth-order valence-corrected chi connectivity index (χ4v) is 2.43. The molecule has 1 amide bonds. The molecule has 0 saturated carbocycles. The van der Waals surface area contributed by atoms with Crippen molar-refractivity contribution >= 4 is 17.3 Å². The summed E-state index contributed by atoms with van der Waals surface area (Å²) in [5, 5.41) is 2.70. The summed E-state index contributed by atoms with van der Waals surface area (Å²) in [4.78, 5) is 16.2. The minimum Gasteiger partial charge on any atom is -0.399 e. The van der Waals surface area contributed by atoms with Crippen molar-refractivity contribution in [3.63, 3.8) is 0 Å². The number of benzene rings is 1. The number of anilines is 2. The summed E-state index contributed by atoms with van der Waals surface area (Å²) >= 11 is 0. The number of nitrogens with one attached hydrogen (secondary N) is 1. The Kier molecular flexibility index (Phi) is 4.27. The Morgan fingerprint density at radius 2 is 1.79 bits per heavy atom. The second kappa shape index (κ2) is 5.93. The fourth-order valence-electron chi connectivity index (χ4n) is 2.43. The number of piperazine rings is 1. The maximum atomic E-state index is 11.6. The first-order valence-corrected chi connectivity index (χ1v) is 6.68. The molecule has 3 N–H and O–H groups in total. The number of hydrogen-bond donors (Lipinski definition) is 2. The Morgan fingerprint density at radius 3 is 2.32 bits per heavy atom. The van der Waals surface area contributed by atoms with Gasteiger partial charge in [-0.3, -0.25) is 9.69 Å². The van der Waals surface area contributed by atoms with Crippen molar-refractivity contribution in [2.75, 3.05) is 43.9 Å². The molecule has 1 saturated heterocycles. The number of likely N-dealkylation sites (N-methyl/N-ethyl adjacent to an activating group) is 1. The molecule has 0 spiro atoms. The summed E-state index contributed by atoms with van der Waals surface area (Å²) in [6.45, 7) is 5.63. The predicted octanol–water partition coefficient (Wildman–Crippen LogP) is 0.525. The molecule has 19 heavy (non-hydrogen) atoms. The van der Waals surface area contributed by atoms with E-state index in [0.717, 1.165) is 31.9 Å². The molecule has 1 aliphatic rings. The van der Waals surface area contributed by atoms with Gasteiger partial charge in [0.15, 0.2) is 0 Å². The lowest BCUT2D eigenvalue weighted by atomic mass is 10.2. The first-order valence-electron chi connectivity index (χ1n) is 6.68. The first-order chi connectivity index (χ1) is 9.11. The van der Waals surface area contributed by atoms with Crippen molar-refractivity contribution in [1.29, 1.82) is 0 Å². The Hall–Kier alpha value is -1.75. The molecular weight excluding hydrogens is 240 g/mol. The van der Waals surface area contributed by atoms with Crippen LogP contribution in [-0.4, -0.2) is 50.1 Å². The van der Waals surface area contributed by atoms with Crippen LogP contribution in [0.2, 0.25) is 0 Å². The number of nitrogen functional groups attached to an aromatic ring is 1. The molecule has 1 unspecified atom stereocenters. The highest BCUT2D eigenvalue weighted by Crippen LogP contribution is 2.18. The van der Waals surface area contributed by atoms with Crippen LogP contribution in [0.4, 0.5) is 11.4 Å². The molecule has 1 fully saturated rings. The molecule has 5 heteroatoms. The molecule has 0 radical (unpaired) electrons. The van der Waals surface area contributed by atoms with Gasteiger partial charge in [0.05, 0.1) is 6.04 Å². The van der Waals surface area contributed by atoms with Gasteiger partial charge in [0.25, 0.3) is 0 Å². The second-order valence-corrected chi connectivity index (χ2v) is 4.90. The van der Waals surface area contributed by atoms with E-state index in [9.17, 15) is 4.79 Å². The van der Waals surface area contributed by atoms with Gasteiger partial charge in [0.2, 0.25) is 5.91 Å². The van der Waals surface area contributed by atoms with Crippen LogP contribution in [0.1, 0.15) is 6.92 Å². The van der Waals surface area contributed by atoms with Crippen LogP contribution in [0.15, 0.2) is 24.3 Å². The van der Waals surface area contributed by atoms with Crippen LogP contribution >= 0.6 is 0 Å². The molecule has 104 valence electrons. The summed E-state index contributed by atoms with van der Waals surface area (Å²) in [5.74, 6) is 0.0842. The van der Waals surface area contributed by atoms with Gasteiger partial charge in [-0.1, -0.05) is 0 Å². The number of nitrogens with zero attached hydrogens (tertiary/aromatic N) is 2. The highest BCUT2D eigenvalue weighted by Gasteiger charge is 2.24. The standard InChI is InChI=1S/C14H22N4O/c1-11(14(19)16-2)17-7-9-18(10-8-17)13-5-3-12(15)4-6-13/h3-6,11H,7-10,15H2,1-2H3,(H,16,19). The van der Waals surface area contributed by atoms with E-state index in [-0.39, 0.29) is 11.9 Å². The highest BCUT2D eigenvalue weighted by atomic mass is 16.2. The van der Waals surface area contributed by atoms with Crippen LogP contribution < -0.4 is 16.0 Å². The molecule has 0 bridgehead atoms. The maximum absolute atomic E-state index is 11.6. The third kappa shape index (κ3) is 3.17. The third-order valence-electron chi connectivity index (χ3n) is 3.75. The van der Waals surface area contributed by atoms with Crippen molar-refractivity contribution in [3.05, 3.63) is 24.3 Å². The van der Waals surface area contributed by atoms with E-state index in [1.54, 1.807) is 7.05 Å². The van der Waals surface area contributed by atoms with E-state index < -0.39 is 0 Å². The lowest BCUT2D eigenvalue weighted by Gasteiger charge is -2.38. The van der Waals surface area contributed by atoms with Crippen LogP contribution in [0.5, 0.6) is 0 Å². The van der Waals surface area contributed by atoms with Gasteiger partial charge in [0.1, 0.15) is 0 Å². The number of amides is 1. The quantitative estimate of drug-likeness (QED) is 0.780. The van der Waals surface area contributed by atoms with Gasteiger partial charge in [-0.05, 0) is 31.2 Å². The van der Waals surface area contributed by atoms with Crippen molar-refractivity contribution < 1.29 is 4.79 Å². The summed E-state index contributed by atoms with van der Waals surface area (Å²) < 4.78 is 0. The predicted molar refractivity (Wildman–Crippen MR) is 78.2 cm³/mol. The molecule has 1 aromatic carbocycles. The summed E-state index contributed by atoms with van der Waals surface area (Å²) in [7, 11) is 1.68. The highest BCUT2D eigenvalue weighted by molar-refractivity contribution is 5.81. The van der Waals surface area contributed by atoms with Crippen LogP contribution in [0.25, 0.3) is 0 Å². The number of carbonyl (C=O) groups is 1. The molecule has 0 aromatic heterocycles. The number of carbonyl (C=O) groups excluding carboxylic acids is 1. The average Bonchev–Trinajstić information content (AvgIpc) is 2.46. The van der Waals surface area contributed by atoms with Gasteiger partial charge in [0, 0.05) is 44.6 Å². The molecule has 0 aliphatic carbocycles. The molecule has 1 aromatic rings. The lowest BCUT2D eigenvalue weighted by Crippen LogP contribution is -2.53. The average molecular weight is 262 g/mol. The first kappa shape index (κ1) is 13.7. The SMILES string of the molecule is CNC(=O)C(C)N1CCN(c2ccc(N)cc2)CC1. The fraction of sp³-hybridized carbons (Fsp3) is 0.500. The zero-order valence-corrected chi connectivity index (χ0v) is 11.6. The Labute approximate surface area is 114 Å². The molecule has 2 rings (SSSR count). The van der Waals surface area contributed by atoms with Crippen LogP contribution in [0, 0.1) is 0 Å². The minimum atomic E-state index is -0.0569. The molecular formula is C14H22N4O. The van der Waals surface area contributed by atoms with E-state index >= 15 is 0 Å². The van der Waals surface area contributed by atoms with Crippen LogP contribution in [0.3, 0.4) is 0 Å². The van der Waals surface area contributed by atoms with E-state index in [4.69, 9.17) is 5.73 Å². The zero-order valence-electron chi connectivity index (χ0n) is 11.6. The topological polar surface area (TPSA) is 61.6 Å². The van der Waals surface area contributed by atoms with Gasteiger partial charge in [-0.25, -0.2) is 0 Å². The van der Waals surface area contributed by atoms with E-state index in [1.165, 1.54) is 5.69 Å². The monoisotopic (exact) mass is 262 g/mol. The van der Waals surface area contributed by atoms with Crippen molar-refractivity contribution in [3.8, 4) is 0 Å². The lowest BCUT2D eigenvalue weighted by molar-refractivity contribution is -0.125. The Morgan fingerprint density at radius 1 is 1.21 bits per heavy atom. The van der Waals surface area contributed by atoms with Gasteiger partial charge >= 0.3 is 0 Å². The Balaban J connectivity index is 1.92. The normalized spacial score (nSPS) is 18.1. The zero-order chi connectivity index (χ0) is 13.8. The summed E-state index contributed by atoms with van der Waals surface area (Å²) in [6.07, 6.45) is 0. The third-order valence-corrected chi connectivity index (χ3v) is 3.75. The van der Waals surface area contributed by atoms with Crippen molar-refractivity contribution in [2.45, 2.75) is 13.0 Å². The maximum Gasteiger partial charge on any atom is 0.236 e. The van der Waals surface area contributed by atoms with Gasteiger partial charge < -0.3 is 16.0 Å². The van der Waals surface area contributed by atoms with Gasteiger partial charge in [-0.15, -0.1) is 0 Å². The summed E-state index contributed by atoms with van der Waals surface area (Å²) in [6, 6.07) is 7.89. The summed E-state index contributed by atoms with van der Waals surface area (Å²) in [5.41, 5.74) is 7.68. The molecule has 1 heterocycles. The van der Waals surface area contributed by atoms with Gasteiger partial charge in [-0.2, -0.15) is 0 Å². The van der Waals surface area contributed by atoms with E-state index in [1.807, 2.05) is 31.2 Å². The second-order valence-electron chi connectivity index (χ2n) is 4.90. The Bertz CT molecular complexity index is 424. The van der Waals surface area contributed by atoms with Crippen molar-refractivity contribution in [1.82, 2.24) is 10.2 Å². The van der Waals surface area contributed by atoms with Crippen LogP contribution in [-0.2, 0) is 4.79 Å². The van der Waals surface area contributed by atoms with E-state index in [2.05, 4.69) is 15.1 Å². The largest absolute Gasteiger partial charge is 0.399 e. The smallest absolute Gasteiger partial charge is 0.236 e. The number of rotatable bonds is 3. The van der Waals surface area contributed by atoms with Crippen molar-refractivity contribution in [2.24, 2.45) is 0 Å². The molecule has 5 nitrogen and oxygen atoms in total. The number of nitrogens with two attached hydrogens (primary N) is 1. The molecule has 1 atom stereocenters. The van der Waals surface area contributed by atoms with E-state index in [0.29, 0.717) is 0 Å². The number of hydrogen-bond acceptors (Lipinski definition) is 4.